The SMILES string of the molecule is Cc1cc(Br)cnc1-n1ccnc1C#N. The molecule has 0 aromatic carbocycles. The fourth-order valence-corrected chi connectivity index (χ4v) is 1.79. The fraction of sp³-hybridized carbons (Fsp3) is 0.100. The Kier molecular flexibility index (Phi) is 2.52. The number of pyridine rings is 1. The van der Waals surface area contributed by atoms with Crippen LogP contribution in [0.2, 0.25) is 0 Å². The minimum absolute atomic E-state index is 0.341. The molecular formula is C10H7BrN4. The van der Waals surface area contributed by atoms with E-state index in [9.17, 15) is 0 Å². The van der Waals surface area contributed by atoms with Gasteiger partial charge in [0.1, 0.15) is 11.9 Å². The maximum atomic E-state index is 8.84. The first-order valence-electron chi connectivity index (χ1n) is 4.28. The Balaban J connectivity index is 2.60. The maximum Gasteiger partial charge on any atom is 0.218 e. The topological polar surface area (TPSA) is 54.5 Å². The van der Waals surface area contributed by atoms with Crippen LogP contribution < -0.4 is 0 Å². The fourth-order valence-electron chi connectivity index (χ4n) is 1.34. The van der Waals surface area contributed by atoms with E-state index in [2.05, 4.69) is 25.9 Å². The van der Waals surface area contributed by atoms with Crippen LogP contribution >= 0.6 is 15.9 Å². The monoisotopic (exact) mass is 262 g/mol. The molecule has 0 unspecified atom stereocenters. The summed E-state index contributed by atoms with van der Waals surface area (Å²) in [5.74, 6) is 1.07. The zero-order chi connectivity index (χ0) is 10.8. The second kappa shape index (κ2) is 3.83. The molecule has 0 aliphatic heterocycles. The number of hydrogen-bond donors (Lipinski definition) is 0. The number of aryl methyl sites for hydroxylation is 1. The summed E-state index contributed by atoms with van der Waals surface area (Å²) < 4.78 is 2.59. The molecule has 0 bridgehead atoms. The van der Waals surface area contributed by atoms with Crippen molar-refractivity contribution in [3.8, 4) is 11.9 Å². The molecule has 0 amide bonds. The third kappa shape index (κ3) is 1.76. The van der Waals surface area contributed by atoms with E-state index in [1.165, 1.54) is 0 Å². The van der Waals surface area contributed by atoms with Crippen LogP contribution in [-0.4, -0.2) is 14.5 Å². The van der Waals surface area contributed by atoms with Crippen molar-refractivity contribution in [2.24, 2.45) is 0 Å². The molecule has 74 valence electrons. The Morgan fingerprint density at radius 3 is 2.93 bits per heavy atom. The summed E-state index contributed by atoms with van der Waals surface area (Å²) in [7, 11) is 0. The highest BCUT2D eigenvalue weighted by Gasteiger charge is 2.07. The highest BCUT2D eigenvalue weighted by molar-refractivity contribution is 9.10. The van der Waals surface area contributed by atoms with Crippen molar-refractivity contribution in [1.82, 2.24) is 14.5 Å². The van der Waals surface area contributed by atoms with E-state index in [1.54, 1.807) is 23.2 Å². The van der Waals surface area contributed by atoms with Crippen molar-refractivity contribution >= 4 is 15.9 Å². The van der Waals surface area contributed by atoms with Gasteiger partial charge in [0.25, 0.3) is 0 Å². The van der Waals surface area contributed by atoms with Crippen molar-refractivity contribution in [1.29, 1.82) is 5.26 Å². The third-order valence-electron chi connectivity index (χ3n) is 1.99. The molecule has 0 saturated carbocycles. The molecule has 0 spiro atoms. The number of imidazole rings is 1. The van der Waals surface area contributed by atoms with Gasteiger partial charge in [-0.3, -0.25) is 4.57 Å². The van der Waals surface area contributed by atoms with Gasteiger partial charge >= 0.3 is 0 Å². The average Bonchev–Trinajstić information content (AvgIpc) is 2.65. The molecule has 2 rings (SSSR count). The lowest BCUT2D eigenvalue weighted by Crippen LogP contribution is -2.01. The zero-order valence-corrected chi connectivity index (χ0v) is 9.56. The normalized spacial score (nSPS) is 9.93. The standard InChI is InChI=1S/C10H7BrN4/c1-7-4-8(11)6-14-10(7)15-3-2-13-9(15)5-12/h2-4,6H,1H3. The first kappa shape index (κ1) is 9.87. The number of nitrogens with zero attached hydrogens (tertiary/aromatic N) is 4. The average molecular weight is 263 g/mol. The highest BCUT2D eigenvalue weighted by Crippen LogP contribution is 2.17. The van der Waals surface area contributed by atoms with E-state index in [0.717, 1.165) is 15.9 Å². The minimum Gasteiger partial charge on any atom is -0.275 e. The molecule has 0 N–H and O–H groups in total. The summed E-state index contributed by atoms with van der Waals surface area (Å²) in [6.45, 7) is 1.94. The third-order valence-corrected chi connectivity index (χ3v) is 2.42. The summed E-state index contributed by atoms with van der Waals surface area (Å²) in [5, 5.41) is 8.84. The quantitative estimate of drug-likeness (QED) is 0.792. The number of rotatable bonds is 1. The Labute approximate surface area is 95.3 Å². The Morgan fingerprint density at radius 2 is 2.27 bits per heavy atom. The van der Waals surface area contributed by atoms with Gasteiger partial charge in [-0.15, -0.1) is 0 Å². The minimum atomic E-state index is 0.341. The van der Waals surface area contributed by atoms with Crippen molar-refractivity contribution < 1.29 is 0 Å². The predicted octanol–water partition coefficient (Wildman–Crippen LogP) is 2.21. The molecule has 4 nitrogen and oxygen atoms in total. The van der Waals surface area contributed by atoms with E-state index in [0.29, 0.717) is 5.82 Å². The summed E-state index contributed by atoms with van der Waals surface area (Å²) in [4.78, 5) is 8.18. The van der Waals surface area contributed by atoms with Gasteiger partial charge in [0.2, 0.25) is 5.82 Å². The van der Waals surface area contributed by atoms with Crippen molar-refractivity contribution in [3.63, 3.8) is 0 Å². The molecule has 0 fully saturated rings. The lowest BCUT2D eigenvalue weighted by Gasteiger charge is -2.06. The molecule has 0 atom stereocenters. The van der Waals surface area contributed by atoms with Gasteiger partial charge in [-0.1, -0.05) is 0 Å². The van der Waals surface area contributed by atoms with E-state index in [-0.39, 0.29) is 0 Å². The van der Waals surface area contributed by atoms with E-state index in [1.807, 2.05) is 19.1 Å². The molecule has 2 aromatic heterocycles. The molecule has 0 aliphatic carbocycles. The molecular weight excluding hydrogens is 256 g/mol. The first-order valence-corrected chi connectivity index (χ1v) is 5.07. The van der Waals surface area contributed by atoms with Crippen LogP contribution in [0.15, 0.2) is 29.1 Å². The van der Waals surface area contributed by atoms with Crippen molar-refractivity contribution in [2.45, 2.75) is 6.92 Å². The van der Waals surface area contributed by atoms with Crippen LogP contribution in [0.25, 0.3) is 5.82 Å². The molecule has 0 aliphatic rings. The van der Waals surface area contributed by atoms with Gasteiger partial charge in [0.15, 0.2) is 0 Å². The Bertz CT molecular complexity index is 539. The van der Waals surface area contributed by atoms with Crippen LogP contribution in [0.3, 0.4) is 0 Å². The number of hydrogen-bond acceptors (Lipinski definition) is 3. The molecule has 5 heteroatoms. The second-order valence-electron chi connectivity index (χ2n) is 3.03. The molecule has 2 heterocycles. The molecule has 0 radical (unpaired) electrons. The Hall–Kier alpha value is -1.67. The molecule has 0 saturated heterocycles. The van der Waals surface area contributed by atoms with Gasteiger partial charge in [-0.2, -0.15) is 5.26 Å². The van der Waals surface area contributed by atoms with Gasteiger partial charge in [-0.05, 0) is 34.5 Å². The lowest BCUT2D eigenvalue weighted by molar-refractivity contribution is 0.950. The van der Waals surface area contributed by atoms with Gasteiger partial charge in [0.05, 0.1) is 0 Å². The number of aromatic nitrogens is 3. The van der Waals surface area contributed by atoms with Crippen molar-refractivity contribution in [2.75, 3.05) is 0 Å². The summed E-state index contributed by atoms with van der Waals surface area (Å²) in [5.41, 5.74) is 0.985. The smallest absolute Gasteiger partial charge is 0.218 e. The van der Waals surface area contributed by atoms with Gasteiger partial charge in [-0.25, -0.2) is 9.97 Å². The van der Waals surface area contributed by atoms with Gasteiger partial charge in [0, 0.05) is 23.1 Å². The predicted molar refractivity (Wildman–Crippen MR) is 58.5 cm³/mol. The van der Waals surface area contributed by atoms with Gasteiger partial charge < -0.3 is 0 Å². The van der Waals surface area contributed by atoms with Crippen LogP contribution in [0.4, 0.5) is 0 Å². The lowest BCUT2D eigenvalue weighted by atomic mass is 10.3. The van der Waals surface area contributed by atoms with Crippen LogP contribution in [0.1, 0.15) is 11.4 Å². The Morgan fingerprint density at radius 1 is 1.47 bits per heavy atom. The van der Waals surface area contributed by atoms with Crippen LogP contribution in [0.5, 0.6) is 0 Å². The van der Waals surface area contributed by atoms with Crippen LogP contribution in [0, 0.1) is 18.3 Å². The maximum absolute atomic E-state index is 8.84. The van der Waals surface area contributed by atoms with Crippen LogP contribution in [-0.2, 0) is 0 Å². The number of nitriles is 1. The largest absolute Gasteiger partial charge is 0.275 e. The first-order chi connectivity index (χ1) is 7.22. The number of halogens is 1. The summed E-state index contributed by atoms with van der Waals surface area (Å²) in [6, 6.07) is 3.96. The zero-order valence-electron chi connectivity index (χ0n) is 7.98. The molecule has 15 heavy (non-hydrogen) atoms. The highest BCUT2D eigenvalue weighted by atomic mass is 79.9. The van der Waals surface area contributed by atoms with Crippen molar-refractivity contribution in [3.05, 3.63) is 40.5 Å². The van der Waals surface area contributed by atoms with E-state index in [4.69, 9.17) is 5.26 Å². The van der Waals surface area contributed by atoms with E-state index >= 15 is 0 Å². The summed E-state index contributed by atoms with van der Waals surface area (Å²) in [6.07, 6.45) is 5.01. The molecule has 2 aromatic rings. The summed E-state index contributed by atoms with van der Waals surface area (Å²) >= 11 is 3.34. The second-order valence-corrected chi connectivity index (χ2v) is 3.94. The van der Waals surface area contributed by atoms with E-state index < -0.39 is 0 Å².